The maximum absolute atomic E-state index is 11.8. The molecule has 110 valence electrons. The molecule has 2 unspecified atom stereocenters. The Balaban J connectivity index is 1.60. The second-order valence-corrected chi connectivity index (χ2v) is 6.85. The zero-order valence-electron chi connectivity index (χ0n) is 11.4. The maximum Gasteiger partial charge on any atom is 0.224 e. The Morgan fingerprint density at radius 2 is 2.38 bits per heavy atom. The van der Waals surface area contributed by atoms with Gasteiger partial charge in [-0.1, -0.05) is 11.6 Å². The highest BCUT2D eigenvalue weighted by molar-refractivity contribution is 7.16. The van der Waals surface area contributed by atoms with Crippen molar-refractivity contribution < 1.29 is 4.79 Å². The molecule has 2 saturated heterocycles. The number of amides is 1. The van der Waals surface area contributed by atoms with E-state index in [4.69, 9.17) is 11.6 Å². The van der Waals surface area contributed by atoms with Gasteiger partial charge in [-0.3, -0.25) is 9.69 Å². The molecule has 2 aliphatic rings. The Morgan fingerprint density at radius 3 is 3.29 bits per heavy atom. The van der Waals surface area contributed by atoms with Crippen LogP contribution in [0.15, 0.2) is 11.4 Å². The fraction of sp³-hybridized carbons (Fsp3) is 0.500. The SMILES string of the molecule is O=C1NCC2C1CCCN2Cc1nc(Cl)c2ccsc2n1. The minimum atomic E-state index is 0.125. The predicted molar refractivity (Wildman–Crippen MR) is 82.4 cm³/mol. The first-order chi connectivity index (χ1) is 10.2. The van der Waals surface area contributed by atoms with Gasteiger partial charge < -0.3 is 5.32 Å². The molecule has 0 spiro atoms. The normalized spacial score (nSPS) is 26.0. The lowest BCUT2D eigenvalue weighted by Crippen LogP contribution is -2.45. The van der Waals surface area contributed by atoms with Crippen LogP contribution >= 0.6 is 22.9 Å². The fourth-order valence-corrected chi connectivity index (χ4v) is 4.44. The molecule has 7 heteroatoms. The van der Waals surface area contributed by atoms with Gasteiger partial charge in [-0.05, 0) is 30.8 Å². The first kappa shape index (κ1) is 13.4. The Labute approximate surface area is 131 Å². The van der Waals surface area contributed by atoms with Crippen molar-refractivity contribution in [2.24, 2.45) is 5.92 Å². The highest BCUT2D eigenvalue weighted by Crippen LogP contribution is 2.29. The number of rotatable bonds is 2. The molecule has 2 aliphatic heterocycles. The van der Waals surface area contributed by atoms with Gasteiger partial charge in [0, 0.05) is 18.0 Å². The number of halogens is 1. The van der Waals surface area contributed by atoms with Gasteiger partial charge in [0.2, 0.25) is 5.91 Å². The molecule has 4 rings (SSSR count). The lowest BCUT2D eigenvalue weighted by atomic mass is 9.91. The van der Waals surface area contributed by atoms with Crippen LogP contribution in [0.5, 0.6) is 0 Å². The van der Waals surface area contributed by atoms with Gasteiger partial charge in [0.15, 0.2) is 0 Å². The summed E-state index contributed by atoms with van der Waals surface area (Å²) in [7, 11) is 0. The van der Waals surface area contributed by atoms with E-state index in [1.165, 1.54) is 0 Å². The Bertz CT molecular complexity index is 703. The van der Waals surface area contributed by atoms with Crippen molar-refractivity contribution in [3.8, 4) is 0 Å². The van der Waals surface area contributed by atoms with E-state index in [9.17, 15) is 4.79 Å². The van der Waals surface area contributed by atoms with E-state index in [1.807, 2.05) is 11.4 Å². The van der Waals surface area contributed by atoms with E-state index in [2.05, 4.69) is 20.2 Å². The monoisotopic (exact) mass is 322 g/mol. The molecule has 0 aromatic carbocycles. The number of carbonyl (C=O) groups is 1. The second kappa shape index (κ2) is 5.19. The van der Waals surface area contributed by atoms with Crippen molar-refractivity contribution >= 4 is 39.1 Å². The van der Waals surface area contributed by atoms with E-state index in [1.54, 1.807) is 11.3 Å². The van der Waals surface area contributed by atoms with Crippen LogP contribution in [0.2, 0.25) is 5.15 Å². The highest BCUT2D eigenvalue weighted by Gasteiger charge is 2.40. The third kappa shape index (κ3) is 2.31. The van der Waals surface area contributed by atoms with E-state index in [0.29, 0.717) is 11.7 Å². The van der Waals surface area contributed by atoms with Crippen molar-refractivity contribution in [2.45, 2.75) is 25.4 Å². The summed E-state index contributed by atoms with van der Waals surface area (Å²) in [5.74, 6) is 1.06. The molecule has 0 bridgehead atoms. The van der Waals surface area contributed by atoms with Crippen molar-refractivity contribution in [1.82, 2.24) is 20.2 Å². The summed E-state index contributed by atoms with van der Waals surface area (Å²) < 4.78 is 0. The summed E-state index contributed by atoms with van der Waals surface area (Å²) in [6.07, 6.45) is 2.03. The van der Waals surface area contributed by atoms with Gasteiger partial charge in [-0.25, -0.2) is 9.97 Å². The van der Waals surface area contributed by atoms with E-state index in [-0.39, 0.29) is 17.9 Å². The van der Waals surface area contributed by atoms with Crippen LogP contribution in [0, 0.1) is 5.92 Å². The third-order valence-corrected chi connectivity index (χ3v) is 5.48. The molecule has 1 amide bonds. The molecule has 21 heavy (non-hydrogen) atoms. The molecule has 1 N–H and O–H groups in total. The number of aromatic nitrogens is 2. The van der Waals surface area contributed by atoms with Crippen LogP contribution in [-0.2, 0) is 11.3 Å². The van der Waals surface area contributed by atoms with Crippen LogP contribution in [-0.4, -0.2) is 39.9 Å². The number of fused-ring (bicyclic) bond motifs is 2. The number of thiophene rings is 1. The van der Waals surface area contributed by atoms with Crippen LogP contribution < -0.4 is 5.32 Å². The largest absolute Gasteiger partial charge is 0.354 e. The van der Waals surface area contributed by atoms with Crippen LogP contribution in [0.4, 0.5) is 0 Å². The van der Waals surface area contributed by atoms with Crippen molar-refractivity contribution in [3.63, 3.8) is 0 Å². The lowest BCUT2D eigenvalue weighted by molar-refractivity contribution is -0.124. The molecule has 0 saturated carbocycles. The molecular formula is C14H15ClN4OS. The molecule has 2 atom stereocenters. The number of likely N-dealkylation sites (tertiary alicyclic amines) is 1. The topological polar surface area (TPSA) is 58.1 Å². The van der Waals surface area contributed by atoms with Gasteiger partial charge in [0.25, 0.3) is 0 Å². The number of nitrogens with one attached hydrogen (secondary N) is 1. The Hall–Kier alpha value is -1.24. The summed E-state index contributed by atoms with van der Waals surface area (Å²) in [4.78, 5) is 24.1. The molecule has 0 radical (unpaired) electrons. The molecule has 4 heterocycles. The van der Waals surface area contributed by atoms with Gasteiger partial charge in [-0.15, -0.1) is 11.3 Å². The summed E-state index contributed by atoms with van der Waals surface area (Å²) >= 11 is 7.80. The van der Waals surface area contributed by atoms with E-state index < -0.39 is 0 Å². The Morgan fingerprint density at radius 1 is 1.48 bits per heavy atom. The summed E-state index contributed by atoms with van der Waals surface area (Å²) in [5, 5.41) is 6.38. The summed E-state index contributed by atoms with van der Waals surface area (Å²) in [6.45, 7) is 2.38. The lowest BCUT2D eigenvalue weighted by Gasteiger charge is -2.35. The summed E-state index contributed by atoms with van der Waals surface area (Å²) in [5.41, 5.74) is 0. The average molecular weight is 323 g/mol. The molecular weight excluding hydrogens is 308 g/mol. The van der Waals surface area contributed by atoms with Gasteiger partial charge in [0.1, 0.15) is 15.8 Å². The number of hydrogen-bond acceptors (Lipinski definition) is 5. The first-order valence-electron chi connectivity index (χ1n) is 7.14. The van der Waals surface area contributed by atoms with E-state index >= 15 is 0 Å². The molecule has 0 aliphatic carbocycles. The Kier molecular flexibility index (Phi) is 3.32. The van der Waals surface area contributed by atoms with Crippen molar-refractivity contribution in [1.29, 1.82) is 0 Å². The van der Waals surface area contributed by atoms with Crippen LogP contribution in [0.25, 0.3) is 10.2 Å². The zero-order valence-corrected chi connectivity index (χ0v) is 13.0. The highest BCUT2D eigenvalue weighted by atomic mass is 35.5. The van der Waals surface area contributed by atoms with E-state index in [0.717, 1.165) is 42.0 Å². The maximum atomic E-state index is 11.8. The third-order valence-electron chi connectivity index (χ3n) is 4.39. The molecule has 2 fully saturated rings. The number of hydrogen-bond donors (Lipinski definition) is 1. The average Bonchev–Trinajstić information content (AvgIpc) is 3.07. The number of piperidine rings is 1. The molecule has 2 aromatic heterocycles. The summed E-state index contributed by atoms with van der Waals surface area (Å²) in [6, 6.07) is 2.22. The van der Waals surface area contributed by atoms with Gasteiger partial charge in [0.05, 0.1) is 12.5 Å². The minimum Gasteiger partial charge on any atom is -0.354 e. The van der Waals surface area contributed by atoms with Crippen molar-refractivity contribution in [3.05, 3.63) is 22.4 Å². The van der Waals surface area contributed by atoms with Crippen LogP contribution in [0.1, 0.15) is 18.7 Å². The fourth-order valence-electron chi connectivity index (χ4n) is 3.35. The predicted octanol–water partition coefficient (Wildman–Crippen LogP) is 2.06. The minimum absolute atomic E-state index is 0.125. The number of carbonyl (C=O) groups excluding carboxylic acids is 1. The van der Waals surface area contributed by atoms with Crippen molar-refractivity contribution in [2.75, 3.05) is 13.1 Å². The quantitative estimate of drug-likeness (QED) is 0.860. The van der Waals surface area contributed by atoms with Gasteiger partial charge in [-0.2, -0.15) is 0 Å². The first-order valence-corrected chi connectivity index (χ1v) is 8.39. The molecule has 5 nitrogen and oxygen atoms in total. The number of nitrogens with zero attached hydrogens (tertiary/aromatic N) is 3. The zero-order chi connectivity index (χ0) is 14.4. The standard InChI is InChI=1S/C14H15ClN4OS/c15-12-9-3-5-21-14(9)18-11(17-12)7-19-4-1-2-8-10(19)6-16-13(8)20/h3,5,8,10H,1-2,4,6-7H2,(H,16,20). The second-order valence-electron chi connectivity index (χ2n) is 5.60. The smallest absolute Gasteiger partial charge is 0.224 e. The van der Waals surface area contributed by atoms with Gasteiger partial charge >= 0.3 is 0 Å². The van der Waals surface area contributed by atoms with Crippen LogP contribution in [0.3, 0.4) is 0 Å². The molecule has 2 aromatic rings.